The Labute approximate surface area is 117 Å². The van der Waals surface area contributed by atoms with Gasteiger partial charge >= 0.3 is 0 Å². The molecule has 104 valence electrons. The van der Waals surface area contributed by atoms with Gasteiger partial charge in [-0.05, 0) is 53.6 Å². The molecule has 1 nitrogen and oxygen atoms in total. The van der Waals surface area contributed by atoms with Crippen molar-refractivity contribution in [3.05, 3.63) is 35.4 Å². The Morgan fingerprint density at radius 1 is 1.11 bits per heavy atom. The van der Waals surface area contributed by atoms with Crippen molar-refractivity contribution in [2.45, 2.75) is 58.0 Å². The quantitative estimate of drug-likeness (QED) is 0.871. The lowest BCUT2D eigenvalue weighted by atomic mass is 9.86. The third kappa shape index (κ3) is 2.58. The van der Waals surface area contributed by atoms with Crippen LogP contribution < -0.4 is 0 Å². The van der Waals surface area contributed by atoms with E-state index in [2.05, 4.69) is 45.0 Å². The highest BCUT2D eigenvalue weighted by molar-refractivity contribution is 5.28. The lowest BCUT2D eigenvalue weighted by molar-refractivity contribution is 0.135. The lowest BCUT2D eigenvalue weighted by Crippen LogP contribution is -2.16. The van der Waals surface area contributed by atoms with Crippen molar-refractivity contribution in [1.82, 2.24) is 0 Å². The number of rotatable bonds is 3. The average molecular weight is 258 g/mol. The lowest BCUT2D eigenvalue weighted by Gasteiger charge is -2.19. The molecule has 3 atom stereocenters. The van der Waals surface area contributed by atoms with Crippen LogP contribution in [0.25, 0.3) is 0 Å². The Balaban J connectivity index is 1.61. The van der Waals surface area contributed by atoms with E-state index in [0.29, 0.717) is 5.92 Å². The van der Waals surface area contributed by atoms with Gasteiger partial charge in [-0.25, -0.2) is 0 Å². The monoisotopic (exact) mass is 258 g/mol. The highest BCUT2D eigenvalue weighted by Crippen LogP contribution is 2.59. The first-order chi connectivity index (χ1) is 8.97. The maximum atomic E-state index is 10.4. The van der Waals surface area contributed by atoms with Gasteiger partial charge in [-0.15, -0.1) is 0 Å². The summed E-state index contributed by atoms with van der Waals surface area (Å²) in [4.78, 5) is 0. The topological polar surface area (TPSA) is 20.2 Å². The molecule has 2 saturated carbocycles. The van der Waals surface area contributed by atoms with E-state index in [-0.39, 0.29) is 11.5 Å². The van der Waals surface area contributed by atoms with Crippen molar-refractivity contribution in [1.29, 1.82) is 0 Å². The van der Waals surface area contributed by atoms with Crippen LogP contribution in [0.4, 0.5) is 0 Å². The molecule has 2 fully saturated rings. The molecule has 0 aliphatic heterocycles. The van der Waals surface area contributed by atoms with Gasteiger partial charge in [0, 0.05) is 0 Å². The number of aliphatic hydroxyl groups excluding tert-OH is 1. The normalized spacial score (nSPS) is 31.1. The number of hydrogen-bond donors (Lipinski definition) is 1. The first kappa shape index (κ1) is 13.2. The summed E-state index contributed by atoms with van der Waals surface area (Å²) in [5, 5.41) is 10.4. The summed E-state index contributed by atoms with van der Waals surface area (Å²) in [7, 11) is 0. The van der Waals surface area contributed by atoms with E-state index in [1.54, 1.807) is 0 Å². The SMILES string of the molecule is CC(C)(C)c1ccc(CC(O)C2C3CCCC32)cc1. The molecule has 2 aliphatic rings. The van der Waals surface area contributed by atoms with Gasteiger partial charge in [0.15, 0.2) is 0 Å². The predicted molar refractivity (Wildman–Crippen MR) is 79.2 cm³/mol. The van der Waals surface area contributed by atoms with Crippen LogP contribution in [0.3, 0.4) is 0 Å². The summed E-state index contributed by atoms with van der Waals surface area (Å²) in [6.45, 7) is 6.72. The minimum absolute atomic E-state index is 0.115. The number of benzene rings is 1. The molecule has 3 rings (SSSR count). The third-order valence-corrected chi connectivity index (χ3v) is 5.18. The molecule has 0 heterocycles. The van der Waals surface area contributed by atoms with Crippen molar-refractivity contribution in [3.63, 3.8) is 0 Å². The fourth-order valence-electron chi connectivity index (χ4n) is 3.97. The molecule has 19 heavy (non-hydrogen) atoms. The summed E-state index contributed by atoms with van der Waals surface area (Å²) in [5.41, 5.74) is 2.87. The third-order valence-electron chi connectivity index (χ3n) is 5.18. The van der Waals surface area contributed by atoms with Crippen LogP contribution in [-0.2, 0) is 11.8 Å². The molecule has 3 unspecified atom stereocenters. The van der Waals surface area contributed by atoms with Crippen molar-refractivity contribution >= 4 is 0 Å². The summed E-state index contributed by atoms with van der Waals surface area (Å²) in [6, 6.07) is 8.83. The van der Waals surface area contributed by atoms with E-state index in [0.717, 1.165) is 18.3 Å². The van der Waals surface area contributed by atoms with Crippen LogP contribution in [0.1, 0.15) is 51.2 Å². The molecule has 1 aromatic rings. The molecule has 0 aromatic heterocycles. The van der Waals surface area contributed by atoms with E-state index in [4.69, 9.17) is 0 Å². The van der Waals surface area contributed by atoms with Gasteiger partial charge < -0.3 is 5.11 Å². The summed E-state index contributed by atoms with van der Waals surface area (Å²) >= 11 is 0. The van der Waals surface area contributed by atoms with E-state index in [1.165, 1.54) is 30.4 Å². The molecule has 0 saturated heterocycles. The highest BCUT2D eigenvalue weighted by atomic mass is 16.3. The minimum atomic E-state index is -0.115. The Hall–Kier alpha value is -0.820. The van der Waals surface area contributed by atoms with Crippen molar-refractivity contribution in [2.24, 2.45) is 17.8 Å². The van der Waals surface area contributed by atoms with Crippen LogP contribution in [0.2, 0.25) is 0 Å². The highest BCUT2D eigenvalue weighted by Gasteiger charge is 2.55. The molecular weight excluding hydrogens is 232 g/mol. The number of fused-ring (bicyclic) bond motifs is 1. The molecule has 0 amide bonds. The molecule has 0 radical (unpaired) electrons. The van der Waals surface area contributed by atoms with Gasteiger partial charge in [-0.1, -0.05) is 51.5 Å². The van der Waals surface area contributed by atoms with Crippen molar-refractivity contribution in [3.8, 4) is 0 Å². The van der Waals surface area contributed by atoms with Crippen LogP contribution >= 0.6 is 0 Å². The van der Waals surface area contributed by atoms with Crippen LogP contribution in [0.5, 0.6) is 0 Å². The molecular formula is C18H26O. The van der Waals surface area contributed by atoms with E-state index >= 15 is 0 Å². The van der Waals surface area contributed by atoms with Crippen LogP contribution in [0, 0.1) is 17.8 Å². The Bertz CT molecular complexity index is 430. The Kier molecular flexibility index (Phi) is 3.21. The zero-order valence-corrected chi connectivity index (χ0v) is 12.4. The van der Waals surface area contributed by atoms with Gasteiger partial charge in [-0.2, -0.15) is 0 Å². The largest absolute Gasteiger partial charge is 0.392 e. The molecule has 0 spiro atoms. The predicted octanol–water partition coefficient (Wildman–Crippen LogP) is 3.93. The Morgan fingerprint density at radius 3 is 2.21 bits per heavy atom. The fraction of sp³-hybridized carbons (Fsp3) is 0.667. The van der Waals surface area contributed by atoms with Crippen molar-refractivity contribution in [2.75, 3.05) is 0 Å². The van der Waals surface area contributed by atoms with Gasteiger partial charge in [0.25, 0.3) is 0 Å². The Morgan fingerprint density at radius 2 is 1.68 bits per heavy atom. The van der Waals surface area contributed by atoms with Crippen LogP contribution in [-0.4, -0.2) is 11.2 Å². The molecule has 0 bridgehead atoms. The minimum Gasteiger partial charge on any atom is -0.392 e. The van der Waals surface area contributed by atoms with Crippen LogP contribution in [0.15, 0.2) is 24.3 Å². The van der Waals surface area contributed by atoms with Gasteiger partial charge in [0.05, 0.1) is 6.10 Å². The van der Waals surface area contributed by atoms with Crippen molar-refractivity contribution < 1.29 is 5.11 Å². The molecule has 1 heteroatoms. The second-order valence-corrected chi connectivity index (χ2v) is 7.55. The maximum Gasteiger partial charge on any atom is 0.0614 e. The zero-order chi connectivity index (χ0) is 13.6. The molecule has 1 N–H and O–H groups in total. The summed E-state index contributed by atoms with van der Waals surface area (Å²) < 4.78 is 0. The molecule has 1 aromatic carbocycles. The van der Waals surface area contributed by atoms with E-state index in [9.17, 15) is 5.11 Å². The van der Waals surface area contributed by atoms with E-state index in [1.807, 2.05) is 0 Å². The first-order valence-electron chi connectivity index (χ1n) is 7.74. The summed E-state index contributed by atoms with van der Waals surface area (Å²) in [5.74, 6) is 2.31. The first-order valence-corrected chi connectivity index (χ1v) is 7.74. The summed E-state index contributed by atoms with van der Waals surface area (Å²) in [6.07, 6.45) is 4.82. The molecule has 2 aliphatic carbocycles. The van der Waals surface area contributed by atoms with E-state index < -0.39 is 0 Å². The average Bonchev–Trinajstić information content (AvgIpc) is 2.83. The fourth-order valence-corrected chi connectivity index (χ4v) is 3.97. The maximum absolute atomic E-state index is 10.4. The second kappa shape index (κ2) is 4.63. The van der Waals surface area contributed by atoms with Gasteiger partial charge in [0.1, 0.15) is 0 Å². The number of aliphatic hydroxyl groups is 1. The second-order valence-electron chi connectivity index (χ2n) is 7.55. The smallest absolute Gasteiger partial charge is 0.0614 e. The zero-order valence-electron chi connectivity index (χ0n) is 12.4. The number of hydrogen-bond acceptors (Lipinski definition) is 1. The standard InChI is InChI=1S/C18H26O/c1-18(2,3)13-9-7-12(8-10-13)11-16(19)17-14-5-4-6-15(14)17/h7-10,14-17,19H,4-6,11H2,1-3H3. The van der Waals surface area contributed by atoms with Gasteiger partial charge in [-0.3, -0.25) is 0 Å². The van der Waals surface area contributed by atoms with Gasteiger partial charge in [0.2, 0.25) is 0 Å².